The van der Waals surface area contributed by atoms with E-state index in [2.05, 4.69) is 4.98 Å². The first kappa shape index (κ1) is 22.2. The second-order valence-corrected chi connectivity index (χ2v) is 8.14. The maximum absolute atomic E-state index is 12.7. The van der Waals surface area contributed by atoms with Gasteiger partial charge in [0.05, 0.1) is 11.6 Å². The topological polar surface area (TPSA) is 48.4 Å². The van der Waals surface area contributed by atoms with E-state index in [9.17, 15) is 18.0 Å². The molecule has 4 nitrogen and oxygen atoms in total. The van der Waals surface area contributed by atoms with Crippen molar-refractivity contribution in [3.8, 4) is 11.6 Å². The van der Waals surface area contributed by atoms with E-state index in [0.717, 1.165) is 6.08 Å². The Bertz CT molecular complexity index is 944. The van der Waals surface area contributed by atoms with Gasteiger partial charge in [-0.25, -0.2) is 4.98 Å². The Labute approximate surface area is 177 Å². The molecule has 1 aromatic carbocycles. The minimum Gasteiger partial charge on any atom is -0.456 e. The molecule has 0 unspecified atom stereocenters. The van der Waals surface area contributed by atoms with Crippen molar-refractivity contribution in [1.82, 2.24) is 4.98 Å². The van der Waals surface area contributed by atoms with Gasteiger partial charge in [0.1, 0.15) is 16.9 Å². The Hall–Kier alpha value is -2.54. The molecule has 8 heteroatoms. The molecule has 2 aromatic rings. The van der Waals surface area contributed by atoms with Crippen molar-refractivity contribution in [2.45, 2.75) is 33.1 Å². The number of hydrogen-bond acceptors (Lipinski definition) is 4. The predicted octanol–water partition coefficient (Wildman–Crippen LogP) is 6.44. The van der Waals surface area contributed by atoms with Crippen molar-refractivity contribution < 1.29 is 27.4 Å². The molecular formula is C22H21ClF3NO3. The SMILES string of the molecule is C[C@H](OC(=O)[C@H]1[C@@H](C=C(Cl)C(F)(F)F)C1(C)C)c1cccc(Oc2ccccc2)n1. The third-order valence-electron chi connectivity index (χ3n) is 5.18. The second kappa shape index (κ2) is 8.30. The van der Waals surface area contributed by atoms with Gasteiger partial charge in [-0.1, -0.05) is 55.8 Å². The molecule has 160 valence electrons. The van der Waals surface area contributed by atoms with E-state index in [1.165, 1.54) is 0 Å². The number of hydrogen-bond donors (Lipinski definition) is 0. The van der Waals surface area contributed by atoms with E-state index >= 15 is 0 Å². The zero-order chi connectivity index (χ0) is 22.1. The number of aromatic nitrogens is 1. The van der Waals surface area contributed by atoms with Crippen molar-refractivity contribution >= 4 is 17.6 Å². The Morgan fingerprint density at radius 3 is 2.47 bits per heavy atom. The number of alkyl halides is 3. The van der Waals surface area contributed by atoms with Crippen LogP contribution in [0.1, 0.15) is 32.6 Å². The van der Waals surface area contributed by atoms with Gasteiger partial charge in [0.2, 0.25) is 5.88 Å². The summed E-state index contributed by atoms with van der Waals surface area (Å²) in [5.41, 5.74) is -0.205. The Kier molecular flexibility index (Phi) is 6.13. The molecule has 0 radical (unpaired) electrons. The van der Waals surface area contributed by atoms with Crippen LogP contribution in [0.25, 0.3) is 0 Å². The van der Waals surface area contributed by atoms with Crippen LogP contribution < -0.4 is 4.74 Å². The van der Waals surface area contributed by atoms with Crippen LogP contribution >= 0.6 is 11.6 Å². The second-order valence-electron chi connectivity index (χ2n) is 7.73. The first-order valence-corrected chi connectivity index (χ1v) is 9.73. The number of ether oxygens (including phenoxy) is 2. The van der Waals surface area contributed by atoms with Crippen LogP contribution in [-0.4, -0.2) is 17.1 Å². The number of rotatable bonds is 6. The van der Waals surface area contributed by atoms with Gasteiger partial charge in [0.15, 0.2) is 0 Å². The maximum atomic E-state index is 12.7. The third kappa shape index (κ3) is 4.95. The quantitative estimate of drug-likeness (QED) is 0.486. The average Bonchev–Trinajstić information content (AvgIpc) is 3.22. The van der Waals surface area contributed by atoms with E-state index < -0.39 is 40.5 Å². The lowest BCUT2D eigenvalue weighted by Gasteiger charge is -2.14. The van der Waals surface area contributed by atoms with Crippen molar-refractivity contribution in [1.29, 1.82) is 0 Å². The molecule has 0 N–H and O–H groups in total. The van der Waals surface area contributed by atoms with Crippen LogP contribution in [0.3, 0.4) is 0 Å². The first-order chi connectivity index (χ1) is 14.0. The van der Waals surface area contributed by atoms with Gasteiger partial charge < -0.3 is 9.47 Å². The van der Waals surface area contributed by atoms with E-state index in [-0.39, 0.29) is 0 Å². The molecule has 30 heavy (non-hydrogen) atoms. The zero-order valence-electron chi connectivity index (χ0n) is 16.6. The number of esters is 1. The number of para-hydroxylation sites is 1. The zero-order valence-corrected chi connectivity index (χ0v) is 17.4. The highest BCUT2D eigenvalue weighted by atomic mass is 35.5. The Balaban J connectivity index is 1.67. The van der Waals surface area contributed by atoms with Crippen LogP contribution in [0.4, 0.5) is 13.2 Å². The van der Waals surface area contributed by atoms with Crippen LogP contribution in [0.5, 0.6) is 11.6 Å². The van der Waals surface area contributed by atoms with Gasteiger partial charge in [-0.3, -0.25) is 4.79 Å². The van der Waals surface area contributed by atoms with Crippen molar-refractivity contribution in [2.24, 2.45) is 17.3 Å². The fourth-order valence-electron chi connectivity index (χ4n) is 3.32. The molecule has 0 amide bonds. The number of allylic oxidation sites excluding steroid dienone is 2. The minimum absolute atomic E-state index is 0.339. The Morgan fingerprint density at radius 2 is 1.83 bits per heavy atom. The van der Waals surface area contributed by atoms with Crippen LogP contribution in [0.15, 0.2) is 59.6 Å². The highest BCUT2D eigenvalue weighted by Crippen LogP contribution is 2.60. The van der Waals surface area contributed by atoms with Crippen LogP contribution in [-0.2, 0) is 9.53 Å². The summed E-state index contributed by atoms with van der Waals surface area (Å²) >= 11 is 5.33. The molecular weight excluding hydrogens is 419 g/mol. The number of nitrogens with zero attached hydrogens (tertiary/aromatic N) is 1. The summed E-state index contributed by atoms with van der Waals surface area (Å²) in [5.74, 6) is -0.989. The van der Waals surface area contributed by atoms with Gasteiger partial charge in [-0.2, -0.15) is 13.2 Å². The summed E-state index contributed by atoms with van der Waals surface area (Å²) in [7, 11) is 0. The largest absolute Gasteiger partial charge is 0.456 e. The lowest BCUT2D eigenvalue weighted by atomic mass is 10.1. The molecule has 1 aromatic heterocycles. The maximum Gasteiger partial charge on any atom is 0.426 e. The molecule has 1 heterocycles. The fourth-order valence-corrected chi connectivity index (χ4v) is 3.46. The first-order valence-electron chi connectivity index (χ1n) is 9.35. The molecule has 0 bridgehead atoms. The van der Waals surface area contributed by atoms with Crippen molar-refractivity contribution in [2.75, 3.05) is 0 Å². The molecule has 1 saturated carbocycles. The molecule has 3 rings (SSSR count). The van der Waals surface area contributed by atoms with E-state index in [1.54, 1.807) is 51.1 Å². The highest BCUT2D eigenvalue weighted by Gasteiger charge is 2.62. The van der Waals surface area contributed by atoms with Gasteiger partial charge in [0.25, 0.3) is 0 Å². The lowest BCUT2D eigenvalue weighted by molar-refractivity contribution is -0.151. The van der Waals surface area contributed by atoms with Gasteiger partial charge in [-0.15, -0.1) is 0 Å². The fraction of sp³-hybridized carbons (Fsp3) is 0.364. The normalized spacial score (nSPS) is 21.6. The average molecular weight is 440 g/mol. The molecule has 0 spiro atoms. The monoisotopic (exact) mass is 439 g/mol. The van der Waals surface area contributed by atoms with Crippen LogP contribution in [0.2, 0.25) is 0 Å². The highest BCUT2D eigenvalue weighted by molar-refractivity contribution is 6.30. The minimum atomic E-state index is -4.63. The molecule has 1 aliphatic rings. The summed E-state index contributed by atoms with van der Waals surface area (Å²) in [6.07, 6.45) is -4.44. The number of halogens is 4. The summed E-state index contributed by atoms with van der Waals surface area (Å²) in [6, 6.07) is 14.2. The van der Waals surface area contributed by atoms with E-state index in [1.807, 2.05) is 18.2 Å². The summed E-state index contributed by atoms with van der Waals surface area (Å²) in [6.45, 7) is 5.06. The number of carbonyl (C=O) groups excluding carboxylic acids is 1. The van der Waals surface area contributed by atoms with E-state index in [0.29, 0.717) is 17.3 Å². The van der Waals surface area contributed by atoms with Crippen molar-refractivity contribution in [3.63, 3.8) is 0 Å². The third-order valence-corrected chi connectivity index (χ3v) is 5.52. The smallest absolute Gasteiger partial charge is 0.426 e. The summed E-state index contributed by atoms with van der Waals surface area (Å²) in [4.78, 5) is 16.9. The Morgan fingerprint density at radius 1 is 1.17 bits per heavy atom. The molecule has 1 fully saturated rings. The van der Waals surface area contributed by atoms with Gasteiger partial charge in [-0.05, 0) is 36.5 Å². The standard InChI is InChI=1S/C22H21ClF3NO3/c1-13(16-10-7-11-18(27-16)30-14-8-5-4-6-9-14)29-20(28)19-15(21(19,2)3)12-17(23)22(24,25)26/h4-13,15,19H,1-3H3/t13-,15+,19+/m0/s1. The number of pyridine rings is 1. The summed E-state index contributed by atoms with van der Waals surface area (Å²) in [5, 5.41) is -1.23. The predicted molar refractivity (Wildman–Crippen MR) is 106 cm³/mol. The number of benzene rings is 1. The number of carbonyl (C=O) groups is 1. The van der Waals surface area contributed by atoms with Gasteiger partial charge in [0, 0.05) is 6.07 Å². The molecule has 1 aliphatic carbocycles. The van der Waals surface area contributed by atoms with Crippen molar-refractivity contribution in [3.05, 3.63) is 65.3 Å². The molecule has 0 aliphatic heterocycles. The van der Waals surface area contributed by atoms with Gasteiger partial charge >= 0.3 is 12.1 Å². The summed E-state index contributed by atoms with van der Waals surface area (Å²) < 4.78 is 49.3. The lowest BCUT2D eigenvalue weighted by Crippen LogP contribution is -2.14. The van der Waals surface area contributed by atoms with Crippen LogP contribution in [0, 0.1) is 17.3 Å². The molecule has 3 atom stereocenters. The molecule has 0 saturated heterocycles. The van der Waals surface area contributed by atoms with E-state index in [4.69, 9.17) is 21.1 Å².